The molecule has 0 radical (unpaired) electrons. The first-order valence-electron chi connectivity index (χ1n) is 7.58. The highest BCUT2D eigenvalue weighted by Crippen LogP contribution is 2.48. The highest BCUT2D eigenvalue weighted by Gasteiger charge is 2.44. The number of nitrogens with two attached hydrogens (primary N) is 1. The molecule has 0 amide bonds. The average Bonchev–Trinajstić information content (AvgIpc) is 2.24. The third-order valence-corrected chi connectivity index (χ3v) is 5.18. The van der Waals surface area contributed by atoms with Crippen LogP contribution in [0.5, 0.6) is 0 Å². The van der Waals surface area contributed by atoms with Crippen LogP contribution in [0.15, 0.2) is 11.6 Å². The number of hydrogen-bond acceptors (Lipinski definition) is 2. The zero-order valence-electron chi connectivity index (χ0n) is 11.9. The lowest BCUT2D eigenvalue weighted by Crippen LogP contribution is -2.46. The minimum absolute atomic E-state index is 0.259. The predicted molar refractivity (Wildman–Crippen MR) is 74.3 cm³/mol. The molecule has 102 valence electrons. The van der Waals surface area contributed by atoms with Crippen molar-refractivity contribution in [3.63, 3.8) is 0 Å². The van der Waals surface area contributed by atoms with Crippen LogP contribution < -0.4 is 5.73 Å². The van der Waals surface area contributed by atoms with Crippen LogP contribution >= 0.6 is 0 Å². The van der Waals surface area contributed by atoms with Gasteiger partial charge in [0.25, 0.3) is 0 Å². The van der Waals surface area contributed by atoms with Crippen molar-refractivity contribution in [2.24, 2.45) is 17.1 Å². The van der Waals surface area contributed by atoms with E-state index in [9.17, 15) is 0 Å². The molecule has 2 heteroatoms. The van der Waals surface area contributed by atoms with Crippen LogP contribution in [-0.4, -0.2) is 18.2 Å². The molecule has 3 aliphatic rings. The van der Waals surface area contributed by atoms with Gasteiger partial charge in [-0.3, -0.25) is 0 Å². The Bertz CT molecular complexity index is 354. The lowest BCUT2D eigenvalue weighted by atomic mass is 9.66. The van der Waals surface area contributed by atoms with E-state index < -0.39 is 0 Å². The Morgan fingerprint density at radius 1 is 1.28 bits per heavy atom. The molecule has 2 fully saturated rings. The molecule has 1 spiro atoms. The van der Waals surface area contributed by atoms with Gasteiger partial charge in [-0.05, 0) is 56.3 Å². The molecule has 2 N–H and O–H groups in total. The Balaban J connectivity index is 1.73. The molecule has 1 aliphatic heterocycles. The molecule has 0 aromatic rings. The van der Waals surface area contributed by atoms with Crippen molar-refractivity contribution in [3.8, 4) is 0 Å². The molecular weight excluding hydrogens is 222 g/mol. The van der Waals surface area contributed by atoms with Gasteiger partial charge in [-0.15, -0.1) is 0 Å². The Hall–Kier alpha value is -0.340. The lowest BCUT2D eigenvalue weighted by Gasteiger charge is -2.49. The van der Waals surface area contributed by atoms with Crippen LogP contribution in [-0.2, 0) is 4.74 Å². The van der Waals surface area contributed by atoms with Gasteiger partial charge in [0.05, 0.1) is 5.60 Å². The van der Waals surface area contributed by atoms with Gasteiger partial charge >= 0.3 is 0 Å². The van der Waals surface area contributed by atoms with E-state index in [-0.39, 0.29) is 11.6 Å². The van der Waals surface area contributed by atoms with Gasteiger partial charge in [0.2, 0.25) is 0 Å². The standard InChI is InChI=1S/C16H27NO/c1-15(2)9-13(8-14(17)11-15)12-4-7-18-16(10-12)5-3-6-16/h8,12,14H,3-7,9-11,17H2,1-2H3. The summed E-state index contributed by atoms with van der Waals surface area (Å²) in [7, 11) is 0. The van der Waals surface area contributed by atoms with Crippen molar-refractivity contribution < 1.29 is 4.74 Å². The monoisotopic (exact) mass is 249 g/mol. The molecular formula is C16H27NO. The second-order valence-electron chi connectivity index (χ2n) is 7.53. The van der Waals surface area contributed by atoms with Crippen LogP contribution in [0.3, 0.4) is 0 Å². The predicted octanol–water partition coefficient (Wildman–Crippen LogP) is 3.41. The van der Waals surface area contributed by atoms with Gasteiger partial charge in [0, 0.05) is 12.6 Å². The third-order valence-electron chi connectivity index (χ3n) is 5.18. The van der Waals surface area contributed by atoms with Crippen LogP contribution in [0, 0.1) is 11.3 Å². The van der Waals surface area contributed by atoms with Crippen LogP contribution in [0.1, 0.15) is 58.8 Å². The first kappa shape index (κ1) is 12.7. The normalized spacial score (nSPS) is 38.1. The molecule has 2 unspecified atom stereocenters. The molecule has 1 saturated carbocycles. The summed E-state index contributed by atoms with van der Waals surface area (Å²) >= 11 is 0. The highest BCUT2D eigenvalue weighted by atomic mass is 16.5. The van der Waals surface area contributed by atoms with Crippen LogP contribution in [0.4, 0.5) is 0 Å². The third kappa shape index (κ3) is 2.37. The molecule has 0 bridgehead atoms. The van der Waals surface area contributed by atoms with Crippen LogP contribution in [0.2, 0.25) is 0 Å². The van der Waals surface area contributed by atoms with Gasteiger partial charge in [-0.1, -0.05) is 25.5 Å². The molecule has 2 atom stereocenters. The molecule has 18 heavy (non-hydrogen) atoms. The summed E-state index contributed by atoms with van der Waals surface area (Å²) < 4.78 is 6.04. The maximum Gasteiger partial charge on any atom is 0.0688 e. The van der Waals surface area contributed by atoms with E-state index in [1.165, 1.54) is 38.5 Å². The first-order chi connectivity index (χ1) is 8.48. The minimum atomic E-state index is 0.259. The van der Waals surface area contributed by atoms with E-state index in [1.807, 2.05) is 0 Å². The van der Waals surface area contributed by atoms with E-state index in [4.69, 9.17) is 10.5 Å². The second-order valence-corrected chi connectivity index (χ2v) is 7.53. The number of rotatable bonds is 1. The number of allylic oxidation sites excluding steroid dienone is 1. The Labute approximate surface area is 111 Å². The van der Waals surface area contributed by atoms with Gasteiger partial charge in [0.1, 0.15) is 0 Å². The average molecular weight is 249 g/mol. The molecule has 0 aromatic heterocycles. The van der Waals surface area contributed by atoms with Crippen molar-refractivity contribution in [1.82, 2.24) is 0 Å². The summed E-state index contributed by atoms with van der Waals surface area (Å²) in [5.74, 6) is 0.740. The van der Waals surface area contributed by atoms with Crippen molar-refractivity contribution in [2.75, 3.05) is 6.61 Å². The van der Waals surface area contributed by atoms with Gasteiger partial charge in [-0.2, -0.15) is 0 Å². The number of ether oxygens (including phenoxy) is 1. The van der Waals surface area contributed by atoms with Gasteiger partial charge < -0.3 is 10.5 Å². The first-order valence-corrected chi connectivity index (χ1v) is 7.58. The van der Waals surface area contributed by atoms with E-state index in [0.29, 0.717) is 5.41 Å². The molecule has 1 heterocycles. The highest BCUT2D eigenvalue weighted by molar-refractivity contribution is 5.19. The number of hydrogen-bond donors (Lipinski definition) is 1. The fraction of sp³-hybridized carbons (Fsp3) is 0.875. The van der Waals surface area contributed by atoms with E-state index in [2.05, 4.69) is 19.9 Å². The fourth-order valence-corrected chi connectivity index (χ4v) is 4.20. The van der Waals surface area contributed by atoms with Crippen molar-refractivity contribution >= 4 is 0 Å². The van der Waals surface area contributed by atoms with E-state index >= 15 is 0 Å². The van der Waals surface area contributed by atoms with Crippen LogP contribution in [0.25, 0.3) is 0 Å². The summed E-state index contributed by atoms with van der Waals surface area (Å²) in [6.07, 6.45) is 11.1. The maximum absolute atomic E-state index is 6.21. The Kier molecular flexibility index (Phi) is 3.06. The molecule has 2 nitrogen and oxygen atoms in total. The fourth-order valence-electron chi connectivity index (χ4n) is 4.20. The smallest absolute Gasteiger partial charge is 0.0688 e. The largest absolute Gasteiger partial charge is 0.375 e. The zero-order valence-corrected chi connectivity index (χ0v) is 11.9. The molecule has 2 aliphatic carbocycles. The molecule has 3 rings (SSSR count). The molecule has 0 aromatic carbocycles. The summed E-state index contributed by atoms with van der Waals surface area (Å²) in [6, 6.07) is 0.268. The lowest BCUT2D eigenvalue weighted by molar-refractivity contribution is -0.139. The van der Waals surface area contributed by atoms with Gasteiger partial charge in [-0.25, -0.2) is 0 Å². The summed E-state index contributed by atoms with van der Waals surface area (Å²) in [4.78, 5) is 0. The zero-order chi connectivity index (χ0) is 12.8. The van der Waals surface area contributed by atoms with E-state index in [1.54, 1.807) is 5.57 Å². The second kappa shape index (κ2) is 4.35. The SMILES string of the molecule is CC1(C)CC(C2CCOC3(CCC3)C2)=CC(N)C1. The van der Waals surface area contributed by atoms with Crippen molar-refractivity contribution in [1.29, 1.82) is 0 Å². The Morgan fingerprint density at radius 2 is 2.06 bits per heavy atom. The Morgan fingerprint density at radius 3 is 2.67 bits per heavy atom. The van der Waals surface area contributed by atoms with Gasteiger partial charge in [0.15, 0.2) is 0 Å². The maximum atomic E-state index is 6.21. The summed E-state index contributed by atoms with van der Waals surface area (Å²) in [5.41, 5.74) is 8.49. The molecule has 1 saturated heterocycles. The minimum Gasteiger partial charge on any atom is -0.375 e. The summed E-state index contributed by atoms with van der Waals surface area (Å²) in [5, 5.41) is 0. The van der Waals surface area contributed by atoms with Crippen molar-refractivity contribution in [3.05, 3.63) is 11.6 Å². The summed E-state index contributed by atoms with van der Waals surface area (Å²) in [6.45, 7) is 5.67. The van der Waals surface area contributed by atoms with E-state index in [0.717, 1.165) is 18.9 Å². The van der Waals surface area contributed by atoms with Crippen molar-refractivity contribution in [2.45, 2.75) is 70.4 Å². The topological polar surface area (TPSA) is 35.2 Å². The quantitative estimate of drug-likeness (QED) is 0.723.